The fourth-order valence-corrected chi connectivity index (χ4v) is 1.09. The van der Waals surface area contributed by atoms with Crippen molar-refractivity contribution in [1.29, 1.82) is 0 Å². The summed E-state index contributed by atoms with van der Waals surface area (Å²) in [5.41, 5.74) is 7.51. The van der Waals surface area contributed by atoms with Gasteiger partial charge in [0.15, 0.2) is 5.78 Å². The summed E-state index contributed by atoms with van der Waals surface area (Å²) in [7, 11) is 0. The number of ketones is 1. The Kier molecular flexibility index (Phi) is 3.55. The van der Waals surface area contributed by atoms with Crippen molar-refractivity contribution in [2.75, 3.05) is 11.6 Å². The van der Waals surface area contributed by atoms with Crippen LogP contribution < -0.4 is 5.73 Å². The summed E-state index contributed by atoms with van der Waals surface area (Å²) in [6.45, 7) is 1.50. The van der Waals surface area contributed by atoms with Crippen molar-refractivity contribution in [3.63, 3.8) is 0 Å². The molecular weight excluding hydrogens is 198 g/mol. The molecule has 0 heterocycles. The fraction of sp³-hybridized carbons (Fsp3) is 0.182. The molecule has 0 radical (unpaired) electrons. The molecule has 1 aromatic rings. The molecule has 0 aliphatic carbocycles. The Labute approximate surface area is 88.1 Å². The predicted octanol–water partition coefficient (Wildman–Crippen LogP) is 2.06. The lowest BCUT2D eigenvalue weighted by molar-refractivity contribution is 0.101. The minimum atomic E-state index is -0.00597. The Morgan fingerprint density at radius 1 is 1.57 bits per heavy atom. The maximum atomic E-state index is 11.0. The molecule has 0 aliphatic rings. The first-order valence-corrected chi connectivity index (χ1v) is 4.64. The second-order valence-electron chi connectivity index (χ2n) is 2.79. The molecule has 0 atom stereocenters. The van der Waals surface area contributed by atoms with E-state index in [4.69, 9.17) is 17.3 Å². The number of rotatable bonds is 1. The second-order valence-corrected chi connectivity index (χ2v) is 3.06. The van der Waals surface area contributed by atoms with Gasteiger partial charge in [0.1, 0.15) is 0 Å². The number of Topliss-reactive ketones (excluding diaryl/α,β-unsaturated/α-hetero) is 1. The molecule has 0 saturated heterocycles. The highest BCUT2D eigenvalue weighted by Gasteiger charge is 2.01. The van der Waals surface area contributed by atoms with Crippen molar-refractivity contribution in [2.24, 2.45) is 0 Å². The van der Waals surface area contributed by atoms with Gasteiger partial charge in [0, 0.05) is 16.8 Å². The van der Waals surface area contributed by atoms with Crippen molar-refractivity contribution in [3.05, 3.63) is 29.3 Å². The third-order valence-electron chi connectivity index (χ3n) is 1.75. The first-order chi connectivity index (χ1) is 6.65. The summed E-state index contributed by atoms with van der Waals surface area (Å²) >= 11 is 5.42. The lowest BCUT2D eigenvalue weighted by atomic mass is 10.1. The number of nitrogen functional groups attached to an aromatic ring is 1. The molecule has 72 valence electrons. The number of carbonyl (C=O) groups excluding carboxylic acids is 1. The molecule has 0 bridgehead atoms. The minimum absolute atomic E-state index is 0.00597. The van der Waals surface area contributed by atoms with Crippen LogP contribution in [0.5, 0.6) is 0 Å². The molecule has 0 unspecified atom stereocenters. The molecule has 0 saturated carbocycles. The highest BCUT2D eigenvalue weighted by atomic mass is 35.5. The third kappa shape index (κ3) is 2.51. The van der Waals surface area contributed by atoms with Gasteiger partial charge in [-0.3, -0.25) is 4.79 Å². The molecular formula is C11H10ClNO. The van der Waals surface area contributed by atoms with Gasteiger partial charge in [-0.05, 0) is 19.1 Å². The number of anilines is 1. The summed E-state index contributed by atoms with van der Waals surface area (Å²) in [5, 5.41) is 0. The number of hydrogen-bond acceptors (Lipinski definition) is 2. The lowest BCUT2D eigenvalue weighted by Crippen LogP contribution is -1.96. The van der Waals surface area contributed by atoms with Crippen LogP contribution in [0.1, 0.15) is 22.8 Å². The highest BCUT2D eigenvalue weighted by Crippen LogP contribution is 2.13. The topological polar surface area (TPSA) is 43.1 Å². The summed E-state index contributed by atoms with van der Waals surface area (Å²) in [6.07, 6.45) is 0. The minimum Gasteiger partial charge on any atom is -0.398 e. The number of hydrogen-bond donors (Lipinski definition) is 1. The van der Waals surface area contributed by atoms with Crippen LogP contribution in [-0.4, -0.2) is 11.7 Å². The van der Waals surface area contributed by atoms with Gasteiger partial charge in [0.2, 0.25) is 0 Å². The van der Waals surface area contributed by atoms with E-state index in [0.29, 0.717) is 16.8 Å². The van der Waals surface area contributed by atoms with E-state index in [2.05, 4.69) is 11.8 Å². The van der Waals surface area contributed by atoms with E-state index in [9.17, 15) is 4.79 Å². The van der Waals surface area contributed by atoms with E-state index in [1.54, 1.807) is 18.2 Å². The van der Waals surface area contributed by atoms with Crippen LogP contribution in [0.4, 0.5) is 5.69 Å². The quantitative estimate of drug-likeness (QED) is 0.332. The zero-order valence-corrected chi connectivity index (χ0v) is 8.56. The van der Waals surface area contributed by atoms with Crippen molar-refractivity contribution >= 4 is 23.1 Å². The summed E-state index contributed by atoms with van der Waals surface area (Å²) in [4.78, 5) is 11.0. The summed E-state index contributed by atoms with van der Waals surface area (Å²) < 4.78 is 0. The first kappa shape index (κ1) is 10.6. The van der Waals surface area contributed by atoms with E-state index >= 15 is 0 Å². The molecule has 2 nitrogen and oxygen atoms in total. The smallest absolute Gasteiger partial charge is 0.159 e. The molecule has 1 rings (SSSR count). The molecule has 3 heteroatoms. The Morgan fingerprint density at radius 3 is 2.79 bits per heavy atom. The summed E-state index contributed by atoms with van der Waals surface area (Å²) in [6, 6.07) is 5.06. The van der Waals surface area contributed by atoms with Gasteiger partial charge in [-0.1, -0.05) is 17.9 Å². The van der Waals surface area contributed by atoms with Crippen LogP contribution >= 0.6 is 11.6 Å². The molecule has 14 heavy (non-hydrogen) atoms. The van der Waals surface area contributed by atoms with Crippen molar-refractivity contribution < 1.29 is 4.79 Å². The van der Waals surface area contributed by atoms with Gasteiger partial charge in [-0.2, -0.15) is 0 Å². The van der Waals surface area contributed by atoms with E-state index in [0.717, 1.165) is 0 Å². The Hall–Kier alpha value is -1.46. The zero-order valence-electron chi connectivity index (χ0n) is 7.80. The van der Waals surface area contributed by atoms with Crippen LogP contribution in [0, 0.1) is 11.8 Å². The number of benzene rings is 1. The van der Waals surface area contributed by atoms with Crippen molar-refractivity contribution in [3.8, 4) is 11.8 Å². The van der Waals surface area contributed by atoms with Crippen LogP contribution in [0.2, 0.25) is 0 Å². The first-order valence-electron chi connectivity index (χ1n) is 4.10. The maximum absolute atomic E-state index is 11.0. The summed E-state index contributed by atoms with van der Waals surface area (Å²) in [5.74, 6) is 5.78. The average Bonchev–Trinajstić information content (AvgIpc) is 2.15. The highest BCUT2D eigenvalue weighted by molar-refractivity contribution is 6.19. The predicted molar refractivity (Wildman–Crippen MR) is 58.5 cm³/mol. The molecule has 0 amide bonds. The lowest BCUT2D eigenvalue weighted by Gasteiger charge is -2.00. The van der Waals surface area contributed by atoms with E-state index in [1.165, 1.54) is 6.92 Å². The average molecular weight is 208 g/mol. The Morgan fingerprint density at radius 2 is 2.29 bits per heavy atom. The van der Waals surface area contributed by atoms with Crippen LogP contribution in [0.3, 0.4) is 0 Å². The Bertz CT molecular complexity index is 415. The van der Waals surface area contributed by atoms with E-state index < -0.39 is 0 Å². The zero-order chi connectivity index (χ0) is 10.6. The van der Waals surface area contributed by atoms with Crippen LogP contribution in [0.15, 0.2) is 18.2 Å². The molecule has 0 aliphatic heterocycles. The molecule has 0 aromatic heterocycles. The van der Waals surface area contributed by atoms with E-state index in [-0.39, 0.29) is 11.7 Å². The molecule has 0 spiro atoms. The van der Waals surface area contributed by atoms with E-state index in [1.807, 2.05) is 0 Å². The number of alkyl halides is 1. The van der Waals surface area contributed by atoms with Crippen LogP contribution in [0.25, 0.3) is 0 Å². The SMILES string of the molecule is CC(=O)c1ccc(C#CCCl)c(N)c1. The van der Waals surface area contributed by atoms with Gasteiger partial charge in [-0.25, -0.2) is 0 Å². The maximum Gasteiger partial charge on any atom is 0.159 e. The molecule has 2 N–H and O–H groups in total. The molecule has 0 fully saturated rings. The van der Waals surface area contributed by atoms with Gasteiger partial charge >= 0.3 is 0 Å². The number of carbonyl (C=O) groups is 1. The fourth-order valence-electron chi connectivity index (χ4n) is 1.02. The third-order valence-corrected chi connectivity index (χ3v) is 1.88. The normalized spacial score (nSPS) is 9.00. The largest absolute Gasteiger partial charge is 0.398 e. The van der Waals surface area contributed by atoms with Gasteiger partial charge in [0.05, 0.1) is 5.88 Å². The van der Waals surface area contributed by atoms with Crippen LogP contribution in [-0.2, 0) is 0 Å². The van der Waals surface area contributed by atoms with Gasteiger partial charge < -0.3 is 5.73 Å². The number of nitrogens with two attached hydrogens (primary N) is 1. The monoisotopic (exact) mass is 207 g/mol. The molecule has 1 aromatic carbocycles. The van der Waals surface area contributed by atoms with Crippen molar-refractivity contribution in [1.82, 2.24) is 0 Å². The van der Waals surface area contributed by atoms with Crippen molar-refractivity contribution in [2.45, 2.75) is 6.92 Å². The van der Waals surface area contributed by atoms with Gasteiger partial charge in [0.25, 0.3) is 0 Å². The standard InChI is InChI=1S/C11H10ClNO/c1-8(14)10-5-4-9(3-2-6-12)11(13)7-10/h4-5,7H,6,13H2,1H3. The second kappa shape index (κ2) is 4.69. The van der Waals surface area contributed by atoms with Gasteiger partial charge in [-0.15, -0.1) is 11.6 Å². The Balaban J connectivity index is 3.07. The number of halogens is 1.